The van der Waals surface area contributed by atoms with E-state index in [1.54, 1.807) is 12.1 Å². The molecule has 1 fully saturated rings. The Balaban J connectivity index is 1.65. The fourth-order valence-corrected chi connectivity index (χ4v) is 2.84. The molecule has 1 heterocycles. The molecule has 2 aromatic rings. The van der Waals surface area contributed by atoms with E-state index >= 15 is 0 Å². The molecular weight excluding hydrogens is 330 g/mol. The van der Waals surface area contributed by atoms with Crippen molar-refractivity contribution in [1.82, 2.24) is 10.6 Å². The normalized spacial score (nSPS) is 16.8. The average Bonchev–Trinajstić information content (AvgIpc) is 2.94. The largest absolute Gasteiger partial charge is 0.326 e. The molecule has 1 saturated heterocycles. The van der Waals surface area contributed by atoms with Crippen LogP contribution >= 0.6 is 0 Å². The maximum absolute atomic E-state index is 12.7. The minimum atomic E-state index is -0.661. The first-order valence-corrected chi connectivity index (χ1v) is 8.43. The van der Waals surface area contributed by atoms with Crippen LogP contribution in [0.5, 0.6) is 0 Å². The first kappa shape index (κ1) is 17.7. The Hall–Kier alpha value is -3.15. The standard InChI is InChI=1S/C20H21N3O3/c1-20(2,14-6-4-3-5-7-14)18(25)21-15-10-8-13(9-11-15)12-16-17(24)23-19(26)22-16/h3-11,16H,12H2,1-2H3,(H,21,25)(H2,22,23,24,26). The summed E-state index contributed by atoms with van der Waals surface area (Å²) in [6.07, 6.45) is 0.404. The second kappa shape index (κ2) is 7.00. The van der Waals surface area contributed by atoms with Crippen LogP contribution in [-0.4, -0.2) is 23.9 Å². The highest BCUT2D eigenvalue weighted by atomic mass is 16.2. The average molecular weight is 351 g/mol. The van der Waals surface area contributed by atoms with Gasteiger partial charge >= 0.3 is 6.03 Å². The van der Waals surface area contributed by atoms with E-state index in [1.165, 1.54) is 0 Å². The van der Waals surface area contributed by atoms with Gasteiger partial charge in [-0.15, -0.1) is 0 Å². The minimum absolute atomic E-state index is 0.0983. The molecule has 0 saturated carbocycles. The molecule has 0 aliphatic carbocycles. The van der Waals surface area contributed by atoms with Gasteiger partial charge in [-0.25, -0.2) is 4.79 Å². The number of hydrogen-bond acceptors (Lipinski definition) is 3. The van der Waals surface area contributed by atoms with Gasteiger partial charge in [0, 0.05) is 12.1 Å². The van der Waals surface area contributed by atoms with Crippen LogP contribution < -0.4 is 16.0 Å². The van der Waals surface area contributed by atoms with Crippen LogP contribution in [0.3, 0.4) is 0 Å². The number of amides is 4. The first-order valence-electron chi connectivity index (χ1n) is 8.43. The summed E-state index contributed by atoms with van der Waals surface area (Å²) in [5.74, 6) is -0.420. The third-order valence-corrected chi connectivity index (χ3v) is 4.57. The zero-order valence-electron chi connectivity index (χ0n) is 14.7. The molecule has 3 rings (SSSR count). The van der Waals surface area contributed by atoms with Crippen LogP contribution in [0.4, 0.5) is 10.5 Å². The van der Waals surface area contributed by atoms with Gasteiger partial charge in [0.1, 0.15) is 6.04 Å². The van der Waals surface area contributed by atoms with Crippen molar-refractivity contribution < 1.29 is 14.4 Å². The quantitative estimate of drug-likeness (QED) is 0.723. The number of carbonyl (C=O) groups excluding carboxylic acids is 3. The van der Waals surface area contributed by atoms with Gasteiger partial charge in [-0.1, -0.05) is 42.5 Å². The minimum Gasteiger partial charge on any atom is -0.326 e. The van der Waals surface area contributed by atoms with E-state index in [0.29, 0.717) is 12.1 Å². The monoisotopic (exact) mass is 351 g/mol. The van der Waals surface area contributed by atoms with Crippen LogP contribution in [-0.2, 0) is 21.4 Å². The fraction of sp³-hybridized carbons (Fsp3) is 0.250. The van der Waals surface area contributed by atoms with Crippen molar-refractivity contribution in [3.05, 3.63) is 65.7 Å². The number of rotatable bonds is 5. The molecule has 1 aliphatic rings. The summed E-state index contributed by atoms with van der Waals surface area (Å²) in [6.45, 7) is 3.76. The third-order valence-electron chi connectivity index (χ3n) is 4.57. The Labute approximate surface area is 152 Å². The van der Waals surface area contributed by atoms with Crippen LogP contribution in [0.1, 0.15) is 25.0 Å². The van der Waals surface area contributed by atoms with Crippen molar-refractivity contribution in [2.24, 2.45) is 0 Å². The lowest BCUT2D eigenvalue weighted by Crippen LogP contribution is -2.34. The van der Waals surface area contributed by atoms with Crippen molar-refractivity contribution in [3.8, 4) is 0 Å². The van der Waals surface area contributed by atoms with E-state index in [0.717, 1.165) is 11.1 Å². The number of anilines is 1. The van der Waals surface area contributed by atoms with E-state index in [9.17, 15) is 14.4 Å². The van der Waals surface area contributed by atoms with Gasteiger partial charge in [-0.3, -0.25) is 14.9 Å². The van der Waals surface area contributed by atoms with Crippen LogP contribution in [0, 0.1) is 0 Å². The summed E-state index contributed by atoms with van der Waals surface area (Å²) in [7, 11) is 0. The molecule has 1 unspecified atom stereocenters. The number of imide groups is 1. The maximum Gasteiger partial charge on any atom is 0.322 e. The van der Waals surface area contributed by atoms with Gasteiger partial charge in [0.2, 0.25) is 5.91 Å². The van der Waals surface area contributed by atoms with Crippen molar-refractivity contribution in [3.63, 3.8) is 0 Å². The molecule has 3 N–H and O–H groups in total. The summed E-state index contributed by atoms with van der Waals surface area (Å²) in [5, 5.41) is 7.71. The van der Waals surface area contributed by atoms with Gasteiger partial charge in [0.15, 0.2) is 0 Å². The predicted molar refractivity (Wildman–Crippen MR) is 98.7 cm³/mol. The summed E-state index contributed by atoms with van der Waals surface area (Å²) in [4.78, 5) is 35.4. The summed E-state index contributed by atoms with van der Waals surface area (Å²) < 4.78 is 0. The lowest BCUT2D eigenvalue weighted by Gasteiger charge is -2.24. The first-order chi connectivity index (χ1) is 12.4. The Morgan fingerprint density at radius 2 is 1.69 bits per heavy atom. The lowest BCUT2D eigenvalue weighted by atomic mass is 9.83. The Morgan fingerprint density at radius 1 is 1.04 bits per heavy atom. The molecule has 2 aromatic carbocycles. The Bertz CT molecular complexity index is 829. The van der Waals surface area contributed by atoms with Gasteiger partial charge in [0.25, 0.3) is 5.91 Å². The molecular formula is C20H21N3O3. The number of hydrogen-bond donors (Lipinski definition) is 3. The molecule has 0 aromatic heterocycles. The number of urea groups is 1. The van der Waals surface area contributed by atoms with Crippen molar-refractivity contribution >= 4 is 23.5 Å². The molecule has 1 aliphatic heterocycles. The topological polar surface area (TPSA) is 87.3 Å². The zero-order chi connectivity index (χ0) is 18.7. The summed E-state index contributed by atoms with van der Waals surface area (Å²) >= 11 is 0. The smallest absolute Gasteiger partial charge is 0.322 e. The van der Waals surface area contributed by atoms with Gasteiger partial charge in [0.05, 0.1) is 5.41 Å². The van der Waals surface area contributed by atoms with Crippen LogP contribution in [0.15, 0.2) is 54.6 Å². The van der Waals surface area contributed by atoms with Crippen molar-refractivity contribution in [2.45, 2.75) is 31.7 Å². The van der Waals surface area contributed by atoms with Crippen LogP contribution in [0.2, 0.25) is 0 Å². The Kier molecular flexibility index (Phi) is 4.75. The molecule has 0 spiro atoms. The molecule has 1 atom stereocenters. The highest BCUT2D eigenvalue weighted by Gasteiger charge is 2.30. The SMILES string of the molecule is CC(C)(C(=O)Nc1ccc(CC2NC(=O)NC2=O)cc1)c1ccccc1. The maximum atomic E-state index is 12.7. The highest BCUT2D eigenvalue weighted by molar-refractivity contribution is 6.04. The summed E-state index contributed by atoms with van der Waals surface area (Å²) in [6, 6.07) is 15.9. The second-order valence-corrected chi connectivity index (χ2v) is 6.86. The second-order valence-electron chi connectivity index (χ2n) is 6.86. The number of carbonyl (C=O) groups is 3. The molecule has 6 heteroatoms. The third kappa shape index (κ3) is 3.74. The van der Waals surface area contributed by atoms with Crippen molar-refractivity contribution in [1.29, 1.82) is 0 Å². The van der Waals surface area contributed by atoms with E-state index in [2.05, 4.69) is 16.0 Å². The van der Waals surface area contributed by atoms with E-state index in [1.807, 2.05) is 56.3 Å². The van der Waals surface area contributed by atoms with E-state index in [-0.39, 0.29) is 11.8 Å². The molecule has 26 heavy (non-hydrogen) atoms. The predicted octanol–water partition coefficient (Wildman–Crippen LogP) is 2.35. The molecule has 0 radical (unpaired) electrons. The Morgan fingerprint density at radius 3 is 2.27 bits per heavy atom. The van der Waals surface area contributed by atoms with E-state index < -0.39 is 17.5 Å². The molecule has 0 bridgehead atoms. The highest BCUT2D eigenvalue weighted by Crippen LogP contribution is 2.25. The number of nitrogens with one attached hydrogen (secondary N) is 3. The lowest BCUT2D eigenvalue weighted by molar-refractivity contribution is -0.121. The van der Waals surface area contributed by atoms with Crippen molar-refractivity contribution in [2.75, 3.05) is 5.32 Å². The van der Waals surface area contributed by atoms with Gasteiger partial charge < -0.3 is 10.6 Å². The number of benzene rings is 2. The molecule has 6 nitrogen and oxygen atoms in total. The molecule has 134 valence electrons. The van der Waals surface area contributed by atoms with Crippen LogP contribution in [0.25, 0.3) is 0 Å². The van der Waals surface area contributed by atoms with Gasteiger partial charge in [-0.05, 0) is 37.1 Å². The van der Waals surface area contributed by atoms with E-state index in [4.69, 9.17) is 0 Å². The summed E-state index contributed by atoms with van der Waals surface area (Å²) in [5.41, 5.74) is 1.86. The fourth-order valence-electron chi connectivity index (χ4n) is 2.84. The zero-order valence-corrected chi connectivity index (χ0v) is 14.7. The van der Waals surface area contributed by atoms with Gasteiger partial charge in [-0.2, -0.15) is 0 Å². The molecule has 4 amide bonds.